The molecule has 0 aliphatic rings. The van der Waals surface area contributed by atoms with E-state index in [2.05, 4.69) is 8.37 Å². The van der Waals surface area contributed by atoms with Crippen LogP contribution in [0.3, 0.4) is 0 Å². The van der Waals surface area contributed by atoms with E-state index in [1.165, 1.54) is 0 Å². The highest BCUT2D eigenvalue weighted by atomic mass is 32.2. The molecular formula is C16H26O14S2. The standard InChI is InChI=1S/C16H26O14S2/c1-9(17)27-13(7-25-31(5,21)22)15(29-11(3)19)16(30-12(4)20)14(28-10(2)18)8-26-32(6,23)24/h13-16H,7-8H2,1-6H3/t13-,14-,15-,16-/m1/s1. The fourth-order valence-corrected chi connectivity index (χ4v) is 3.05. The number of carbonyl (C=O) groups is 4. The molecule has 0 aromatic heterocycles. The van der Waals surface area contributed by atoms with Crippen molar-refractivity contribution in [2.24, 2.45) is 0 Å². The predicted molar refractivity (Wildman–Crippen MR) is 104 cm³/mol. The minimum atomic E-state index is -4.06. The van der Waals surface area contributed by atoms with E-state index in [1.54, 1.807) is 0 Å². The Kier molecular flexibility index (Phi) is 11.8. The van der Waals surface area contributed by atoms with Crippen molar-refractivity contribution in [1.29, 1.82) is 0 Å². The van der Waals surface area contributed by atoms with Crippen molar-refractivity contribution >= 4 is 44.1 Å². The maximum absolute atomic E-state index is 11.7. The highest BCUT2D eigenvalue weighted by molar-refractivity contribution is 7.86. The van der Waals surface area contributed by atoms with Crippen LogP contribution in [0.25, 0.3) is 0 Å². The van der Waals surface area contributed by atoms with Gasteiger partial charge in [0.15, 0.2) is 24.4 Å². The van der Waals surface area contributed by atoms with Crippen molar-refractivity contribution in [3.05, 3.63) is 0 Å². The van der Waals surface area contributed by atoms with Crippen LogP contribution < -0.4 is 0 Å². The van der Waals surface area contributed by atoms with E-state index in [9.17, 15) is 36.0 Å². The second-order valence-electron chi connectivity index (χ2n) is 6.42. The van der Waals surface area contributed by atoms with Gasteiger partial charge in [-0.1, -0.05) is 0 Å². The average molecular weight is 507 g/mol. The summed E-state index contributed by atoms with van der Waals surface area (Å²) in [7, 11) is -8.13. The number of carbonyl (C=O) groups excluding carboxylic acids is 4. The number of hydrogen-bond acceptors (Lipinski definition) is 14. The smallest absolute Gasteiger partial charge is 0.303 e. The molecule has 0 saturated carbocycles. The maximum Gasteiger partial charge on any atom is 0.303 e. The van der Waals surface area contributed by atoms with Gasteiger partial charge < -0.3 is 18.9 Å². The Morgan fingerprint density at radius 2 is 0.812 bits per heavy atom. The summed E-state index contributed by atoms with van der Waals surface area (Å²) in [4.78, 5) is 46.5. The zero-order valence-electron chi connectivity index (χ0n) is 18.3. The quantitative estimate of drug-likeness (QED) is 0.162. The van der Waals surface area contributed by atoms with Gasteiger partial charge in [0, 0.05) is 27.7 Å². The van der Waals surface area contributed by atoms with Crippen LogP contribution in [0.4, 0.5) is 0 Å². The zero-order valence-corrected chi connectivity index (χ0v) is 19.9. The van der Waals surface area contributed by atoms with E-state index in [-0.39, 0.29) is 0 Å². The molecule has 0 saturated heterocycles. The molecule has 0 aromatic rings. The third-order valence-corrected chi connectivity index (χ3v) is 4.32. The fourth-order valence-electron chi connectivity index (χ4n) is 2.29. The Morgan fingerprint density at radius 1 is 0.562 bits per heavy atom. The first kappa shape index (κ1) is 29.7. The molecule has 0 heterocycles. The Bertz CT molecular complexity index is 818. The summed E-state index contributed by atoms with van der Waals surface area (Å²) >= 11 is 0. The molecule has 0 bridgehead atoms. The van der Waals surface area contributed by atoms with Gasteiger partial charge in [-0.3, -0.25) is 27.5 Å². The Morgan fingerprint density at radius 3 is 1.00 bits per heavy atom. The fraction of sp³-hybridized carbons (Fsp3) is 0.750. The minimum absolute atomic E-state index is 0.698. The number of ether oxygens (including phenoxy) is 4. The lowest BCUT2D eigenvalue weighted by Gasteiger charge is -2.35. The molecule has 0 amide bonds. The molecule has 0 radical (unpaired) electrons. The zero-order chi connectivity index (χ0) is 25.3. The SMILES string of the molecule is CC(=O)O[C@@H]([C@H](OC(C)=O)[C@@H](COS(C)(=O)=O)OC(C)=O)[C@@H](COS(C)(=O)=O)OC(C)=O. The Labute approximate surface area is 185 Å². The highest BCUT2D eigenvalue weighted by Crippen LogP contribution is 2.21. The molecule has 16 heteroatoms. The summed E-state index contributed by atoms with van der Waals surface area (Å²) < 4.78 is 74.9. The van der Waals surface area contributed by atoms with Gasteiger partial charge in [0.1, 0.15) is 13.2 Å². The lowest BCUT2D eigenvalue weighted by molar-refractivity contribution is -0.202. The van der Waals surface area contributed by atoms with E-state index in [0.717, 1.165) is 27.7 Å². The van der Waals surface area contributed by atoms with Crippen LogP contribution in [0, 0.1) is 0 Å². The molecule has 0 N–H and O–H groups in total. The number of hydrogen-bond donors (Lipinski definition) is 0. The average Bonchev–Trinajstić information content (AvgIpc) is 2.56. The van der Waals surface area contributed by atoms with Crippen molar-refractivity contribution in [3.63, 3.8) is 0 Å². The molecule has 186 valence electrons. The monoisotopic (exact) mass is 506 g/mol. The van der Waals surface area contributed by atoms with Crippen LogP contribution in [-0.2, 0) is 66.7 Å². The van der Waals surface area contributed by atoms with Gasteiger partial charge in [0.2, 0.25) is 0 Å². The van der Waals surface area contributed by atoms with Crippen molar-refractivity contribution in [3.8, 4) is 0 Å². The van der Waals surface area contributed by atoms with Crippen molar-refractivity contribution in [2.75, 3.05) is 25.7 Å². The van der Waals surface area contributed by atoms with E-state index in [0.29, 0.717) is 12.5 Å². The molecule has 0 unspecified atom stereocenters. The molecule has 32 heavy (non-hydrogen) atoms. The third kappa shape index (κ3) is 13.9. The van der Waals surface area contributed by atoms with Crippen LogP contribution in [0.5, 0.6) is 0 Å². The van der Waals surface area contributed by atoms with E-state index >= 15 is 0 Å². The summed E-state index contributed by atoms with van der Waals surface area (Å²) in [6.45, 7) is 2.02. The molecule has 4 atom stereocenters. The van der Waals surface area contributed by atoms with Gasteiger partial charge in [0.25, 0.3) is 20.2 Å². The summed E-state index contributed by atoms with van der Waals surface area (Å²) in [5.41, 5.74) is 0. The van der Waals surface area contributed by atoms with E-state index in [4.69, 9.17) is 18.9 Å². The molecular weight excluding hydrogens is 480 g/mol. The van der Waals surface area contributed by atoms with Crippen LogP contribution in [0.1, 0.15) is 27.7 Å². The summed E-state index contributed by atoms with van der Waals surface area (Å²) in [5.74, 6) is -3.90. The normalized spacial score (nSPS) is 15.6. The van der Waals surface area contributed by atoms with Gasteiger partial charge in [-0.25, -0.2) is 0 Å². The van der Waals surface area contributed by atoms with Gasteiger partial charge in [-0.15, -0.1) is 0 Å². The number of rotatable bonds is 13. The summed E-state index contributed by atoms with van der Waals surface area (Å²) in [6.07, 6.45) is -5.57. The third-order valence-electron chi connectivity index (χ3n) is 3.19. The first-order valence-electron chi connectivity index (χ1n) is 8.79. The van der Waals surface area contributed by atoms with Crippen molar-refractivity contribution < 1.29 is 63.3 Å². The largest absolute Gasteiger partial charge is 0.456 e. The Balaban J connectivity index is 6.41. The van der Waals surface area contributed by atoms with Gasteiger partial charge in [0.05, 0.1) is 12.5 Å². The van der Waals surface area contributed by atoms with Crippen molar-refractivity contribution in [2.45, 2.75) is 52.1 Å². The molecule has 0 aliphatic heterocycles. The molecule has 14 nitrogen and oxygen atoms in total. The van der Waals surface area contributed by atoms with Crippen LogP contribution >= 0.6 is 0 Å². The molecule has 0 aliphatic carbocycles. The topological polar surface area (TPSA) is 192 Å². The highest BCUT2D eigenvalue weighted by Gasteiger charge is 2.44. The lowest BCUT2D eigenvalue weighted by atomic mass is 10.0. The second kappa shape index (κ2) is 12.7. The predicted octanol–water partition coefficient (Wildman–Crippen LogP) is -1.33. The van der Waals surface area contributed by atoms with Crippen LogP contribution in [-0.4, -0.2) is 90.9 Å². The van der Waals surface area contributed by atoms with Gasteiger partial charge in [-0.05, 0) is 0 Å². The maximum atomic E-state index is 11.7. The molecule has 0 rings (SSSR count). The van der Waals surface area contributed by atoms with Gasteiger partial charge in [-0.2, -0.15) is 16.8 Å². The summed E-state index contributed by atoms with van der Waals surface area (Å²) in [5, 5.41) is 0. The van der Waals surface area contributed by atoms with Gasteiger partial charge >= 0.3 is 23.9 Å². The molecule has 0 fully saturated rings. The number of esters is 4. The van der Waals surface area contributed by atoms with E-state index in [1.807, 2.05) is 0 Å². The first-order valence-corrected chi connectivity index (χ1v) is 12.4. The molecule has 0 spiro atoms. The van der Waals surface area contributed by atoms with E-state index < -0.39 is 81.7 Å². The minimum Gasteiger partial charge on any atom is -0.456 e. The van der Waals surface area contributed by atoms with Crippen LogP contribution in [0.15, 0.2) is 0 Å². The van der Waals surface area contributed by atoms with Crippen molar-refractivity contribution in [1.82, 2.24) is 0 Å². The first-order chi connectivity index (χ1) is 14.4. The second-order valence-corrected chi connectivity index (χ2v) is 9.71. The summed E-state index contributed by atoms with van der Waals surface area (Å²) in [6, 6.07) is 0. The Hall–Kier alpha value is -2.30. The lowest BCUT2D eigenvalue weighted by Crippen LogP contribution is -2.54. The molecule has 0 aromatic carbocycles. The van der Waals surface area contributed by atoms with Crippen LogP contribution in [0.2, 0.25) is 0 Å².